The van der Waals surface area contributed by atoms with Gasteiger partial charge in [0.15, 0.2) is 0 Å². The lowest BCUT2D eigenvalue weighted by molar-refractivity contribution is -0.126. The molecule has 2 aliphatic heterocycles. The Kier molecular flexibility index (Phi) is 5.32. The lowest BCUT2D eigenvalue weighted by atomic mass is 10.00. The molecular weight excluding hydrogens is 424 g/mol. The first-order valence-corrected chi connectivity index (χ1v) is 10.8. The van der Waals surface area contributed by atoms with E-state index >= 15 is 0 Å². The molecule has 0 bridgehead atoms. The zero-order valence-corrected chi connectivity index (χ0v) is 18.4. The number of nitrogens with zero attached hydrogens (tertiary/aromatic N) is 3. The molecule has 0 unspecified atom stereocenters. The van der Waals surface area contributed by atoms with Crippen molar-refractivity contribution in [2.45, 2.75) is 32.2 Å². The minimum atomic E-state index is -0.510. The van der Waals surface area contributed by atoms with E-state index in [4.69, 9.17) is 4.74 Å². The predicted octanol–water partition coefficient (Wildman–Crippen LogP) is 5.50. The molecule has 1 aromatic heterocycles. The molecule has 0 saturated carbocycles. The second kappa shape index (κ2) is 8.31. The summed E-state index contributed by atoms with van der Waals surface area (Å²) in [5.41, 5.74) is 4.24. The van der Waals surface area contributed by atoms with E-state index in [1.807, 2.05) is 48.0 Å². The van der Waals surface area contributed by atoms with Crippen LogP contribution in [0.1, 0.15) is 42.1 Å². The summed E-state index contributed by atoms with van der Waals surface area (Å²) in [6.07, 6.45) is 9.19. The van der Waals surface area contributed by atoms with Gasteiger partial charge in [0.1, 0.15) is 17.4 Å². The Labute approximate surface area is 190 Å². The van der Waals surface area contributed by atoms with Crippen LogP contribution in [0.25, 0.3) is 11.8 Å². The van der Waals surface area contributed by atoms with Gasteiger partial charge >= 0.3 is 0 Å². The Morgan fingerprint density at radius 1 is 1.18 bits per heavy atom. The number of allylic oxidation sites excluding steroid dienone is 2. The zero-order valence-electron chi connectivity index (χ0n) is 18.4. The van der Waals surface area contributed by atoms with Crippen LogP contribution in [0.3, 0.4) is 0 Å². The molecule has 3 heterocycles. The number of aryl methyl sites for hydroxylation is 1. The Bertz CT molecular complexity index is 1310. The van der Waals surface area contributed by atoms with Gasteiger partial charge in [0, 0.05) is 23.0 Å². The van der Waals surface area contributed by atoms with Gasteiger partial charge in [-0.1, -0.05) is 12.1 Å². The van der Waals surface area contributed by atoms with Crippen LogP contribution in [0.15, 0.2) is 66.3 Å². The molecule has 0 spiro atoms. The highest BCUT2D eigenvalue weighted by molar-refractivity contribution is 6.00. The van der Waals surface area contributed by atoms with Crippen molar-refractivity contribution in [1.29, 1.82) is 0 Å². The summed E-state index contributed by atoms with van der Waals surface area (Å²) in [5, 5.41) is 0. The molecule has 3 aromatic rings. The van der Waals surface area contributed by atoms with Gasteiger partial charge < -0.3 is 14.2 Å². The molecule has 33 heavy (non-hydrogen) atoms. The quantitative estimate of drug-likeness (QED) is 0.496. The van der Waals surface area contributed by atoms with E-state index in [-0.39, 0.29) is 11.5 Å². The summed E-state index contributed by atoms with van der Waals surface area (Å²) >= 11 is 0. The summed E-state index contributed by atoms with van der Waals surface area (Å²) in [5.74, 6) is -0.528. The van der Waals surface area contributed by atoms with E-state index in [2.05, 4.69) is 4.98 Å². The number of aromatic nitrogens is 2. The average Bonchev–Trinajstić information content (AvgIpc) is 3.44. The van der Waals surface area contributed by atoms with Crippen molar-refractivity contribution in [3.63, 3.8) is 0 Å². The number of rotatable bonds is 4. The summed E-state index contributed by atoms with van der Waals surface area (Å²) in [4.78, 5) is 19.3. The summed E-state index contributed by atoms with van der Waals surface area (Å²) < 4.78 is 35.7. The van der Waals surface area contributed by atoms with E-state index < -0.39 is 17.7 Å². The van der Waals surface area contributed by atoms with Crippen LogP contribution in [0.4, 0.5) is 8.78 Å². The Morgan fingerprint density at radius 2 is 2.03 bits per heavy atom. The van der Waals surface area contributed by atoms with Crippen LogP contribution in [0.2, 0.25) is 0 Å². The van der Waals surface area contributed by atoms with Crippen LogP contribution in [0.5, 0.6) is 5.75 Å². The van der Waals surface area contributed by atoms with Crippen LogP contribution in [-0.4, -0.2) is 27.5 Å². The van der Waals surface area contributed by atoms with E-state index in [0.29, 0.717) is 30.6 Å². The van der Waals surface area contributed by atoms with Gasteiger partial charge in [-0.2, -0.15) is 0 Å². The molecule has 0 N–H and O–H groups in total. The number of carbonyl (C=O) groups is 1. The van der Waals surface area contributed by atoms with Crippen molar-refractivity contribution >= 4 is 12.0 Å². The van der Waals surface area contributed by atoms with Gasteiger partial charge in [0.25, 0.3) is 5.91 Å². The smallest absolute Gasteiger partial charge is 0.254 e. The third-order valence-electron chi connectivity index (χ3n) is 6.20. The van der Waals surface area contributed by atoms with Crippen LogP contribution in [-0.2, 0) is 4.79 Å². The van der Waals surface area contributed by atoms with Gasteiger partial charge in [-0.05, 0) is 68.2 Å². The first-order valence-electron chi connectivity index (χ1n) is 10.8. The predicted molar refractivity (Wildman–Crippen MR) is 121 cm³/mol. The van der Waals surface area contributed by atoms with E-state index in [0.717, 1.165) is 34.8 Å². The summed E-state index contributed by atoms with van der Waals surface area (Å²) in [7, 11) is 1.60. The molecule has 0 aliphatic carbocycles. The molecule has 2 aromatic carbocycles. The normalized spacial score (nSPS) is 19.1. The van der Waals surface area contributed by atoms with Gasteiger partial charge in [-0.15, -0.1) is 0 Å². The standard InChI is InChI=1S/C26H23F2N3O2/c1-16-14-30(15-29-16)24-9-3-17(12-25(24)33-2)11-18-4-6-20-7-10-23(31(20)26(18)32)21-13-19(27)5-8-22(21)28/h3,5-6,8-9,11-15,23H,4,7,10H2,1-2H3/t23-/m0/s1. The number of carbonyl (C=O) groups excluding carboxylic acids is 1. The third kappa shape index (κ3) is 3.84. The average molecular weight is 447 g/mol. The fourth-order valence-electron chi connectivity index (χ4n) is 4.61. The van der Waals surface area contributed by atoms with Gasteiger partial charge in [-0.3, -0.25) is 4.79 Å². The number of benzene rings is 2. The third-order valence-corrected chi connectivity index (χ3v) is 6.20. The van der Waals surface area contributed by atoms with Gasteiger partial charge in [0.2, 0.25) is 0 Å². The molecule has 168 valence electrons. The number of hydrogen-bond donors (Lipinski definition) is 0. The number of methoxy groups -OCH3 is 1. The summed E-state index contributed by atoms with van der Waals surface area (Å²) in [6, 6.07) is 8.60. The Hall–Kier alpha value is -3.74. The minimum Gasteiger partial charge on any atom is -0.495 e. The van der Waals surface area contributed by atoms with Crippen molar-refractivity contribution in [1.82, 2.24) is 14.5 Å². The van der Waals surface area contributed by atoms with Crippen LogP contribution in [0, 0.1) is 18.6 Å². The van der Waals surface area contributed by atoms with Gasteiger partial charge in [-0.25, -0.2) is 13.8 Å². The largest absolute Gasteiger partial charge is 0.495 e. The number of ether oxygens (including phenoxy) is 1. The van der Waals surface area contributed by atoms with Gasteiger partial charge in [0.05, 0.1) is 30.9 Å². The lowest BCUT2D eigenvalue weighted by Crippen LogP contribution is -2.33. The Balaban J connectivity index is 1.47. The van der Waals surface area contributed by atoms with E-state index in [1.54, 1.807) is 18.3 Å². The molecule has 1 amide bonds. The van der Waals surface area contributed by atoms with Crippen molar-refractivity contribution in [3.05, 3.63) is 94.7 Å². The molecule has 5 rings (SSSR count). The highest BCUT2D eigenvalue weighted by atomic mass is 19.1. The number of halogens is 2. The highest BCUT2D eigenvalue weighted by Crippen LogP contribution is 2.43. The molecular formula is C26H23F2N3O2. The van der Waals surface area contributed by atoms with Crippen molar-refractivity contribution in [2.75, 3.05) is 7.11 Å². The maximum Gasteiger partial charge on any atom is 0.254 e. The topological polar surface area (TPSA) is 47.4 Å². The number of imidazole rings is 1. The highest BCUT2D eigenvalue weighted by Gasteiger charge is 2.38. The van der Waals surface area contributed by atoms with Crippen molar-refractivity contribution < 1.29 is 18.3 Å². The fraction of sp³-hybridized carbons (Fsp3) is 0.231. The molecule has 5 nitrogen and oxygen atoms in total. The molecule has 1 saturated heterocycles. The second-order valence-corrected chi connectivity index (χ2v) is 8.32. The van der Waals surface area contributed by atoms with Crippen LogP contribution >= 0.6 is 0 Å². The van der Waals surface area contributed by atoms with E-state index in [1.165, 1.54) is 6.07 Å². The first kappa shape index (κ1) is 21.1. The summed E-state index contributed by atoms with van der Waals surface area (Å²) in [6.45, 7) is 1.92. The fourth-order valence-corrected chi connectivity index (χ4v) is 4.61. The SMILES string of the molecule is COc1cc(C=C2CC=C3CC[C@@H](c4cc(F)ccc4F)N3C2=O)ccc1-n1cnc(C)c1. The monoisotopic (exact) mass is 447 g/mol. The number of amides is 1. The Morgan fingerprint density at radius 3 is 2.79 bits per heavy atom. The molecule has 1 fully saturated rings. The lowest BCUT2D eigenvalue weighted by Gasteiger charge is -2.30. The molecule has 2 aliphatic rings. The van der Waals surface area contributed by atoms with Crippen LogP contribution < -0.4 is 4.74 Å². The van der Waals surface area contributed by atoms with E-state index in [9.17, 15) is 13.6 Å². The molecule has 7 heteroatoms. The first-order chi connectivity index (χ1) is 15.9. The minimum absolute atomic E-state index is 0.174. The van der Waals surface area contributed by atoms with Crippen molar-refractivity contribution in [3.8, 4) is 11.4 Å². The maximum absolute atomic E-state index is 14.5. The number of fused-ring (bicyclic) bond motifs is 1. The zero-order chi connectivity index (χ0) is 23.1. The number of hydrogen-bond acceptors (Lipinski definition) is 3. The molecule has 1 atom stereocenters. The second-order valence-electron chi connectivity index (χ2n) is 8.32. The van der Waals surface area contributed by atoms with Crippen molar-refractivity contribution in [2.24, 2.45) is 0 Å². The maximum atomic E-state index is 14.5. The molecule has 0 radical (unpaired) electrons.